The van der Waals surface area contributed by atoms with Crippen molar-refractivity contribution in [1.82, 2.24) is 0 Å². The molecule has 1 rings (SSSR count). The van der Waals surface area contributed by atoms with E-state index in [1.54, 1.807) is 0 Å². The molecule has 0 saturated carbocycles. The van der Waals surface area contributed by atoms with Crippen LogP contribution >= 0.6 is 31.9 Å². The van der Waals surface area contributed by atoms with Gasteiger partial charge >= 0.3 is 0 Å². The molecule has 4 heteroatoms. The molecule has 15 heavy (non-hydrogen) atoms. The van der Waals surface area contributed by atoms with E-state index in [4.69, 9.17) is 9.47 Å². The van der Waals surface area contributed by atoms with Gasteiger partial charge in [-0.1, -0.05) is 31.9 Å². The van der Waals surface area contributed by atoms with Crippen molar-refractivity contribution in [3.8, 4) is 0 Å². The minimum atomic E-state index is -0.509. The molecule has 0 spiro atoms. The van der Waals surface area contributed by atoms with Crippen LogP contribution in [0.3, 0.4) is 0 Å². The van der Waals surface area contributed by atoms with Gasteiger partial charge in [-0.3, -0.25) is 0 Å². The Bertz CT molecular complexity index is 214. The normalized spacial score (nSPS) is 32.0. The van der Waals surface area contributed by atoms with Crippen molar-refractivity contribution >= 4 is 31.9 Å². The molecule has 90 valence electrons. The third kappa shape index (κ3) is 3.42. The summed E-state index contributed by atoms with van der Waals surface area (Å²) in [5.41, 5.74) is 0. The van der Waals surface area contributed by atoms with Crippen LogP contribution in [0.4, 0.5) is 0 Å². The van der Waals surface area contributed by atoms with Crippen molar-refractivity contribution in [1.29, 1.82) is 0 Å². The average Bonchev–Trinajstić information content (AvgIpc) is 2.23. The molecule has 0 amide bonds. The lowest BCUT2D eigenvalue weighted by Crippen LogP contribution is -2.46. The number of alkyl halides is 2. The largest absolute Gasteiger partial charge is 0.343 e. The lowest BCUT2D eigenvalue weighted by Gasteiger charge is -2.33. The maximum absolute atomic E-state index is 5.95. The number of ether oxygens (including phenoxy) is 2. The Kier molecular flexibility index (Phi) is 3.69. The van der Waals surface area contributed by atoms with Crippen molar-refractivity contribution in [2.45, 2.75) is 68.2 Å². The van der Waals surface area contributed by atoms with Crippen molar-refractivity contribution in [3.63, 3.8) is 0 Å². The highest BCUT2D eigenvalue weighted by Gasteiger charge is 2.52. The summed E-state index contributed by atoms with van der Waals surface area (Å²) < 4.78 is 11.7. The summed E-state index contributed by atoms with van der Waals surface area (Å²) in [4.78, 5) is 0. The molecule has 2 atom stereocenters. The van der Waals surface area contributed by atoms with Gasteiger partial charge in [0.15, 0.2) is 5.79 Å². The summed E-state index contributed by atoms with van der Waals surface area (Å²) in [5.74, 6) is -0.509. The van der Waals surface area contributed by atoms with E-state index >= 15 is 0 Å². The van der Waals surface area contributed by atoms with E-state index in [9.17, 15) is 0 Å². The van der Waals surface area contributed by atoms with Crippen molar-refractivity contribution < 1.29 is 9.47 Å². The number of hydrogen-bond donors (Lipinski definition) is 0. The highest BCUT2D eigenvalue weighted by atomic mass is 79.9. The number of rotatable bonds is 2. The quantitative estimate of drug-likeness (QED) is 0.709. The molecule has 1 fully saturated rings. The van der Waals surface area contributed by atoms with E-state index in [0.717, 1.165) is 0 Å². The fourth-order valence-corrected chi connectivity index (χ4v) is 2.43. The first-order valence-electron chi connectivity index (χ1n) is 5.17. The smallest absolute Gasteiger partial charge is 0.163 e. The van der Waals surface area contributed by atoms with Gasteiger partial charge in [-0.15, -0.1) is 0 Å². The Labute approximate surface area is 109 Å². The SMILES string of the molecule is CC1(C)OC(C(C)(C)Br)[C@@H](C(C)(C)Br)O1. The molecule has 0 radical (unpaired) electrons. The van der Waals surface area contributed by atoms with Crippen LogP contribution in [0, 0.1) is 0 Å². The average molecular weight is 344 g/mol. The standard InChI is InChI=1S/C11H20Br2O2/c1-9(2,12)7-8(10(3,4)13)15-11(5,6)14-7/h7-8H,1-6H3/t7-,8?/m0/s1. The lowest BCUT2D eigenvalue weighted by atomic mass is 9.94. The Morgan fingerprint density at radius 2 is 1.13 bits per heavy atom. The van der Waals surface area contributed by atoms with Gasteiger partial charge in [0.25, 0.3) is 0 Å². The predicted octanol–water partition coefficient (Wildman–Crippen LogP) is 3.85. The Morgan fingerprint density at radius 3 is 1.33 bits per heavy atom. The topological polar surface area (TPSA) is 18.5 Å². The predicted molar refractivity (Wildman–Crippen MR) is 69.8 cm³/mol. The molecule has 0 aromatic rings. The molecular formula is C11H20Br2O2. The first-order valence-corrected chi connectivity index (χ1v) is 6.75. The van der Waals surface area contributed by atoms with Crippen LogP contribution in [0.25, 0.3) is 0 Å². The zero-order valence-electron chi connectivity index (χ0n) is 10.2. The first kappa shape index (κ1) is 13.9. The van der Waals surface area contributed by atoms with Crippen molar-refractivity contribution in [3.05, 3.63) is 0 Å². The summed E-state index contributed by atoms with van der Waals surface area (Å²) in [6, 6.07) is 0. The first-order chi connectivity index (χ1) is 6.43. The minimum Gasteiger partial charge on any atom is -0.343 e. The maximum Gasteiger partial charge on any atom is 0.163 e. The van der Waals surface area contributed by atoms with Crippen LogP contribution in [-0.4, -0.2) is 26.6 Å². The number of hydrogen-bond acceptors (Lipinski definition) is 2. The molecule has 1 aliphatic rings. The molecule has 1 unspecified atom stereocenters. The third-order valence-corrected chi connectivity index (χ3v) is 3.35. The van der Waals surface area contributed by atoms with Crippen LogP contribution in [-0.2, 0) is 9.47 Å². The van der Waals surface area contributed by atoms with Gasteiger partial charge in [-0.25, -0.2) is 0 Å². The summed E-state index contributed by atoms with van der Waals surface area (Å²) in [7, 11) is 0. The Morgan fingerprint density at radius 1 is 0.867 bits per heavy atom. The fourth-order valence-electron chi connectivity index (χ4n) is 1.76. The van der Waals surface area contributed by atoms with E-state index in [1.807, 2.05) is 13.8 Å². The van der Waals surface area contributed by atoms with Crippen molar-refractivity contribution in [2.75, 3.05) is 0 Å². The summed E-state index contributed by atoms with van der Waals surface area (Å²) >= 11 is 7.33. The van der Waals surface area contributed by atoms with E-state index in [0.29, 0.717) is 0 Å². The monoisotopic (exact) mass is 342 g/mol. The molecule has 1 saturated heterocycles. The van der Waals surface area contributed by atoms with E-state index < -0.39 is 5.79 Å². The van der Waals surface area contributed by atoms with E-state index in [2.05, 4.69) is 59.6 Å². The molecule has 1 heterocycles. The van der Waals surface area contributed by atoms with Gasteiger partial charge in [0, 0.05) is 8.65 Å². The van der Waals surface area contributed by atoms with Gasteiger partial charge < -0.3 is 9.47 Å². The molecule has 0 N–H and O–H groups in total. The van der Waals surface area contributed by atoms with Crippen LogP contribution in [0.1, 0.15) is 41.5 Å². The zero-order chi connectivity index (χ0) is 12.1. The van der Waals surface area contributed by atoms with Gasteiger partial charge in [0.05, 0.1) is 0 Å². The Hall–Kier alpha value is 0.880. The summed E-state index contributed by atoms with van der Waals surface area (Å²) in [5, 5.41) is 0. The van der Waals surface area contributed by atoms with Gasteiger partial charge in [-0.2, -0.15) is 0 Å². The Balaban J connectivity index is 2.95. The second kappa shape index (κ2) is 3.97. The van der Waals surface area contributed by atoms with E-state index in [1.165, 1.54) is 0 Å². The third-order valence-electron chi connectivity index (χ3n) is 2.45. The van der Waals surface area contributed by atoms with Crippen LogP contribution in [0.2, 0.25) is 0 Å². The van der Waals surface area contributed by atoms with Crippen LogP contribution < -0.4 is 0 Å². The molecule has 2 nitrogen and oxygen atoms in total. The van der Waals surface area contributed by atoms with Gasteiger partial charge in [-0.05, 0) is 41.5 Å². The zero-order valence-corrected chi connectivity index (χ0v) is 13.4. The highest BCUT2D eigenvalue weighted by molar-refractivity contribution is 9.10. The number of halogens is 2. The maximum atomic E-state index is 5.95. The minimum absolute atomic E-state index is 0.0295. The molecule has 1 aliphatic heterocycles. The van der Waals surface area contributed by atoms with Gasteiger partial charge in [0.1, 0.15) is 12.2 Å². The molecule has 0 aromatic carbocycles. The lowest BCUT2D eigenvalue weighted by molar-refractivity contribution is -0.149. The van der Waals surface area contributed by atoms with Crippen LogP contribution in [0.15, 0.2) is 0 Å². The van der Waals surface area contributed by atoms with Gasteiger partial charge in [0.2, 0.25) is 0 Å². The molecule has 0 bridgehead atoms. The summed E-state index contributed by atoms with van der Waals surface area (Å²) in [6.45, 7) is 12.3. The molecule has 0 aliphatic carbocycles. The molecular weight excluding hydrogens is 324 g/mol. The summed E-state index contributed by atoms with van der Waals surface area (Å²) in [6.07, 6.45) is 0.0590. The fraction of sp³-hybridized carbons (Fsp3) is 1.00. The highest BCUT2D eigenvalue weighted by Crippen LogP contribution is 2.44. The van der Waals surface area contributed by atoms with E-state index in [-0.39, 0.29) is 20.9 Å². The van der Waals surface area contributed by atoms with Crippen LogP contribution in [0.5, 0.6) is 0 Å². The molecule has 0 aromatic heterocycles. The second-order valence-corrected chi connectivity index (χ2v) is 9.69. The van der Waals surface area contributed by atoms with Crippen molar-refractivity contribution in [2.24, 2.45) is 0 Å². The second-order valence-electron chi connectivity index (χ2n) is 5.61.